The summed E-state index contributed by atoms with van der Waals surface area (Å²) in [6.07, 6.45) is 62.2. The van der Waals surface area contributed by atoms with Crippen molar-refractivity contribution >= 4 is 17.9 Å². The lowest BCUT2D eigenvalue weighted by atomic mass is 10.1. The topological polar surface area (TPSA) is 78.9 Å². The van der Waals surface area contributed by atoms with Gasteiger partial charge < -0.3 is 14.2 Å². The van der Waals surface area contributed by atoms with Crippen LogP contribution in [0.5, 0.6) is 0 Å². The van der Waals surface area contributed by atoms with Crippen LogP contribution in [0.4, 0.5) is 0 Å². The van der Waals surface area contributed by atoms with Crippen LogP contribution < -0.4 is 0 Å². The Morgan fingerprint density at radius 1 is 0.339 bits per heavy atom. The Morgan fingerprint density at radius 3 is 1.02 bits per heavy atom. The van der Waals surface area contributed by atoms with E-state index < -0.39 is 6.10 Å². The van der Waals surface area contributed by atoms with Gasteiger partial charge in [-0.1, -0.05) is 216 Å². The molecule has 6 nitrogen and oxygen atoms in total. The summed E-state index contributed by atoms with van der Waals surface area (Å²) < 4.78 is 16.7. The minimum Gasteiger partial charge on any atom is -0.462 e. The molecule has 0 fully saturated rings. The van der Waals surface area contributed by atoms with Gasteiger partial charge in [0.05, 0.1) is 0 Å². The predicted octanol–water partition coefficient (Wildman–Crippen LogP) is 17.3. The molecule has 62 heavy (non-hydrogen) atoms. The molecule has 1 atom stereocenters. The Balaban J connectivity index is 4.22. The van der Waals surface area contributed by atoms with Crippen LogP contribution in [0.15, 0.2) is 60.8 Å². The fraction of sp³-hybridized carbons (Fsp3) is 0.768. The molecular weight excluding hydrogens is 769 g/mol. The third-order valence-electron chi connectivity index (χ3n) is 11.3. The van der Waals surface area contributed by atoms with Crippen LogP contribution in [0.3, 0.4) is 0 Å². The Hall–Kier alpha value is -2.89. The Kier molecular flexibility index (Phi) is 48.4. The van der Waals surface area contributed by atoms with Gasteiger partial charge in [0.1, 0.15) is 13.2 Å². The molecule has 6 heteroatoms. The quantitative estimate of drug-likeness (QED) is 0.0262. The summed E-state index contributed by atoms with van der Waals surface area (Å²) in [5.74, 6) is -0.890. The summed E-state index contributed by atoms with van der Waals surface area (Å²) in [4.78, 5) is 37.8. The molecule has 1 unspecified atom stereocenters. The third kappa shape index (κ3) is 48.1. The normalized spacial score (nSPS) is 12.5. The fourth-order valence-electron chi connectivity index (χ4n) is 7.31. The first kappa shape index (κ1) is 59.1. The molecule has 0 aliphatic heterocycles. The van der Waals surface area contributed by atoms with Crippen molar-refractivity contribution in [3.8, 4) is 0 Å². The van der Waals surface area contributed by atoms with Crippen LogP contribution in [0, 0.1) is 0 Å². The van der Waals surface area contributed by atoms with Crippen molar-refractivity contribution in [2.24, 2.45) is 0 Å². The van der Waals surface area contributed by atoms with Gasteiger partial charge in [-0.25, -0.2) is 0 Å². The second kappa shape index (κ2) is 50.8. The minimum absolute atomic E-state index is 0.0771. The van der Waals surface area contributed by atoms with Crippen molar-refractivity contribution in [3.05, 3.63) is 60.8 Å². The standard InChI is InChI=1S/C56H98O6/c1-4-7-10-13-16-19-21-23-24-25-26-27-28-29-30-31-32-34-35-37-40-43-46-49-55(58)61-52-53(51-60-54(57)48-45-42-39-18-15-12-9-6-3)62-56(59)50-47-44-41-38-36-33-22-20-17-14-11-8-5-2/h7,10,16,19-20,22-24,26-27,53H,4-6,8-9,11-15,17-18,21,25,28-52H2,1-3H3/b10-7-,19-16-,22-20-,24-23-,27-26-. The average Bonchev–Trinajstić information content (AvgIpc) is 3.27. The molecule has 0 rings (SSSR count). The number of hydrogen-bond donors (Lipinski definition) is 0. The SMILES string of the molecule is CC/C=C\C/C=C\C/C=C\C/C=C\CCCCCCCCCCCCC(=O)OCC(COC(=O)CCCCCCCCCC)OC(=O)CCCCCCC/C=C\CCCCCC. The highest BCUT2D eigenvalue weighted by atomic mass is 16.6. The molecule has 0 N–H and O–H groups in total. The molecule has 0 aliphatic rings. The molecular formula is C56H98O6. The van der Waals surface area contributed by atoms with E-state index in [1.54, 1.807) is 0 Å². The Labute approximate surface area is 383 Å². The molecule has 0 bridgehead atoms. The first-order chi connectivity index (χ1) is 30.5. The summed E-state index contributed by atoms with van der Waals surface area (Å²) in [6, 6.07) is 0. The van der Waals surface area contributed by atoms with E-state index in [1.807, 2.05) is 0 Å². The van der Waals surface area contributed by atoms with E-state index in [0.29, 0.717) is 19.3 Å². The number of hydrogen-bond acceptors (Lipinski definition) is 6. The van der Waals surface area contributed by atoms with Crippen LogP contribution in [-0.2, 0) is 28.6 Å². The smallest absolute Gasteiger partial charge is 0.306 e. The lowest BCUT2D eigenvalue weighted by Crippen LogP contribution is -2.30. The van der Waals surface area contributed by atoms with Gasteiger partial charge in [0.15, 0.2) is 6.10 Å². The summed E-state index contributed by atoms with van der Waals surface area (Å²) in [5.41, 5.74) is 0. The van der Waals surface area contributed by atoms with Crippen molar-refractivity contribution in [3.63, 3.8) is 0 Å². The molecule has 0 aromatic heterocycles. The van der Waals surface area contributed by atoms with Crippen LogP contribution >= 0.6 is 0 Å². The lowest BCUT2D eigenvalue weighted by molar-refractivity contribution is -0.167. The van der Waals surface area contributed by atoms with E-state index in [1.165, 1.54) is 122 Å². The Bertz CT molecular complexity index is 1130. The number of allylic oxidation sites excluding steroid dienone is 10. The van der Waals surface area contributed by atoms with E-state index in [0.717, 1.165) is 96.3 Å². The highest BCUT2D eigenvalue weighted by molar-refractivity contribution is 5.71. The average molecular weight is 867 g/mol. The van der Waals surface area contributed by atoms with E-state index in [2.05, 4.69) is 81.5 Å². The predicted molar refractivity (Wildman–Crippen MR) is 265 cm³/mol. The summed E-state index contributed by atoms with van der Waals surface area (Å²) >= 11 is 0. The van der Waals surface area contributed by atoms with Crippen LogP contribution in [0.2, 0.25) is 0 Å². The molecule has 0 aromatic carbocycles. The zero-order valence-electron chi connectivity index (χ0n) is 40.9. The van der Waals surface area contributed by atoms with Crippen molar-refractivity contribution < 1.29 is 28.6 Å². The zero-order chi connectivity index (χ0) is 45.1. The number of esters is 3. The molecule has 0 aliphatic carbocycles. The zero-order valence-corrected chi connectivity index (χ0v) is 40.9. The molecule has 0 spiro atoms. The number of carbonyl (C=O) groups excluding carboxylic acids is 3. The fourth-order valence-corrected chi connectivity index (χ4v) is 7.31. The number of carbonyl (C=O) groups is 3. The third-order valence-corrected chi connectivity index (χ3v) is 11.3. The van der Waals surface area contributed by atoms with Crippen LogP contribution in [0.1, 0.15) is 258 Å². The van der Waals surface area contributed by atoms with Crippen molar-refractivity contribution in [1.82, 2.24) is 0 Å². The molecule has 358 valence electrons. The number of rotatable bonds is 47. The number of ether oxygens (including phenoxy) is 3. The molecule has 0 aromatic rings. The highest BCUT2D eigenvalue weighted by Crippen LogP contribution is 2.15. The van der Waals surface area contributed by atoms with Crippen molar-refractivity contribution in [1.29, 1.82) is 0 Å². The van der Waals surface area contributed by atoms with Gasteiger partial charge in [-0.3, -0.25) is 14.4 Å². The van der Waals surface area contributed by atoms with Crippen molar-refractivity contribution in [2.75, 3.05) is 13.2 Å². The molecule has 0 heterocycles. The van der Waals surface area contributed by atoms with E-state index in [-0.39, 0.29) is 31.1 Å². The van der Waals surface area contributed by atoms with Gasteiger partial charge in [0.2, 0.25) is 0 Å². The summed E-state index contributed by atoms with van der Waals surface area (Å²) in [6.45, 7) is 6.48. The van der Waals surface area contributed by atoms with E-state index in [4.69, 9.17) is 14.2 Å². The van der Waals surface area contributed by atoms with Gasteiger partial charge in [0, 0.05) is 19.3 Å². The van der Waals surface area contributed by atoms with E-state index in [9.17, 15) is 14.4 Å². The molecule has 0 amide bonds. The maximum absolute atomic E-state index is 12.7. The maximum atomic E-state index is 12.7. The number of unbranched alkanes of at least 4 members (excludes halogenated alkanes) is 26. The summed E-state index contributed by atoms with van der Waals surface area (Å²) in [7, 11) is 0. The lowest BCUT2D eigenvalue weighted by Gasteiger charge is -2.18. The second-order valence-corrected chi connectivity index (χ2v) is 17.4. The van der Waals surface area contributed by atoms with Gasteiger partial charge in [0.25, 0.3) is 0 Å². The van der Waals surface area contributed by atoms with Crippen LogP contribution in [0.25, 0.3) is 0 Å². The maximum Gasteiger partial charge on any atom is 0.306 e. The molecule has 0 radical (unpaired) electrons. The van der Waals surface area contributed by atoms with Gasteiger partial charge in [-0.15, -0.1) is 0 Å². The molecule has 0 saturated carbocycles. The van der Waals surface area contributed by atoms with Gasteiger partial charge >= 0.3 is 17.9 Å². The highest BCUT2D eigenvalue weighted by Gasteiger charge is 2.19. The monoisotopic (exact) mass is 867 g/mol. The minimum atomic E-state index is -0.775. The largest absolute Gasteiger partial charge is 0.462 e. The van der Waals surface area contributed by atoms with Crippen molar-refractivity contribution in [2.45, 2.75) is 264 Å². The molecule has 0 saturated heterocycles. The Morgan fingerprint density at radius 2 is 0.629 bits per heavy atom. The summed E-state index contributed by atoms with van der Waals surface area (Å²) in [5, 5.41) is 0. The van der Waals surface area contributed by atoms with Crippen LogP contribution in [-0.4, -0.2) is 37.2 Å². The van der Waals surface area contributed by atoms with E-state index >= 15 is 0 Å². The second-order valence-electron chi connectivity index (χ2n) is 17.4. The van der Waals surface area contributed by atoms with Gasteiger partial charge in [-0.05, 0) is 83.5 Å². The van der Waals surface area contributed by atoms with Gasteiger partial charge in [-0.2, -0.15) is 0 Å². The first-order valence-electron chi connectivity index (χ1n) is 26.3. The first-order valence-corrected chi connectivity index (χ1v) is 26.3.